The predicted octanol–water partition coefficient (Wildman–Crippen LogP) is 2.52. The minimum absolute atomic E-state index is 0.165. The first-order valence-electron chi connectivity index (χ1n) is 8.24. The number of nitrogens with zero attached hydrogens (tertiary/aromatic N) is 4. The number of carbonyl (C=O) groups is 1. The zero-order valence-electron chi connectivity index (χ0n) is 14.6. The van der Waals surface area contributed by atoms with Crippen molar-refractivity contribution in [1.29, 1.82) is 0 Å². The monoisotopic (exact) mass is 357 g/mol. The second-order valence-electron chi connectivity index (χ2n) is 5.87. The van der Waals surface area contributed by atoms with E-state index < -0.39 is 0 Å². The SMILES string of the molecule is CCN(Cc1cnn(C)c1)C(=O)c1cc(COc2cccc(F)c2)[nH]n1. The lowest BCUT2D eigenvalue weighted by Crippen LogP contribution is -2.30. The van der Waals surface area contributed by atoms with E-state index in [0.717, 1.165) is 5.56 Å². The molecule has 2 heterocycles. The quantitative estimate of drug-likeness (QED) is 0.705. The summed E-state index contributed by atoms with van der Waals surface area (Å²) in [6.07, 6.45) is 3.61. The van der Waals surface area contributed by atoms with Crippen LogP contribution in [0.3, 0.4) is 0 Å². The van der Waals surface area contributed by atoms with Crippen molar-refractivity contribution in [1.82, 2.24) is 24.9 Å². The molecular weight excluding hydrogens is 337 g/mol. The molecule has 7 nitrogen and oxygen atoms in total. The van der Waals surface area contributed by atoms with Crippen molar-refractivity contribution in [3.8, 4) is 5.75 Å². The van der Waals surface area contributed by atoms with Crippen LogP contribution in [-0.2, 0) is 20.2 Å². The lowest BCUT2D eigenvalue weighted by atomic mass is 10.2. The van der Waals surface area contributed by atoms with Crippen LogP contribution in [0.15, 0.2) is 42.7 Å². The molecule has 136 valence electrons. The number of halogens is 1. The van der Waals surface area contributed by atoms with Crippen LogP contribution in [-0.4, -0.2) is 37.3 Å². The predicted molar refractivity (Wildman–Crippen MR) is 92.9 cm³/mol. The summed E-state index contributed by atoms with van der Waals surface area (Å²) in [5, 5.41) is 11.0. The average Bonchev–Trinajstić information content (AvgIpc) is 3.26. The van der Waals surface area contributed by atoms with Gasteiger partial charge in [-0.2, -0.15) is 10.2 Å². The van der Waals surface area contributed by atoms with Crippen LogP contribution in [0.4, 0.5) is 4.39 Å². The van der Waals surface area contributed by atoms with E-state index in [1.165, 1.54) is 12.1 Å². The van der Waals surface area contributed by atoms with Gasteiger partial charge in [-0.15, -0.1) is 0 Å². The Morgan fingerprint density at radius 2 is 2.23 bits per heavy atom. The van der Waals surface area contributed by atoms with E-state index in [4.69, 9.17) is 4.74 Å². The molecule has 0 radical (unpaired) electrons. The van der Waals surface area contributed by atoms with E-state index in [1.807, 2.05) is 20.2 Å². The van der Waals surface area contributed by atoms with E-state index in [0.29, 0.717) is 30.2 Å². The first kappa shape index (κ1) is 17.7. The van der Waals surface area contributed by atoms with Crippen LogP contribution in [0.2, 0.25) is 0 Å². The lowest BCUT2D eigenvalue weighted by molar-refractivity contribution is 0.0746. The van der Waals surface area contributed by atoms with Gasteiger partial charge in [0.2, 0.25) is 0 Å². The highest BCUT2D eigenvalue weighted by Gasteiger charge is 2.18. The number of hydrogen-bond donors (Lipinski definition) is 1. The molecular formula is C18H20FN5O2. The van der Waals surface area contributed by atoms with Gasteiger partial charge in [0, 0.05) is 38.0 Å². The third-order valence-corrected chi connectivity index (χ3v) is 3.84. The second kappa shape index (κ2) is 7.81. The molecule has 0 bridgehead atoms. The molecule has 0 fully saturated rings. The Morgan fingerprint density at radius 3 is 2.92 bits per heavy atom. The van der Waals surface area contributed by atoms with Crippen LogP contribution in [0, 0.1) is 5.82 Å². The molecule has 0 saturated carbocycles. The number of hydrogen-bond acceptors (Lipinski definition) is 4. The number of ether oxygens (including phenoxy) is 1. The van der Waals surface area contributed by atoms with Crippen molar-refractivity contribution in [3.05, 3.63) is 65.5 Å². The number of aryl methyl sites for hydroxylation is 1. The molecule has 1 amide bonds. The minimum atomic E-state index is -0.364. The van der Waals surface area contributed by atoms with Crippen molar-refractivity contribution < 1.29 is 13.9 Å². The van der Waals surface area contributed by atoms with Crippen molar-refractivity contribution in [2.45, 2.75) is 20.1 Å². The zero-order chi connectivity index (χ0) is 18.5. The maximum Gasteiger partial charge on any atom is 0.274 e. The first-order chi connectivity index (χ1) is 12.5. The smallest absolute Gasteiger partial charge is 0.274 e. The first-order valence-corrected chi connectivity index (χ1v) is 8.24. The van der Waals surface area contributed by atoms with Crippen LogP contribution >= 0.6 is 0 Å². The molecule has 3 rings (SSSR count). The fourth-order valence-electron chi connectivity index (χ4n) is 2.53. The number of benzene rings is 1. The van der Waals surface area contributed by atoms with Gasteiger partial charge >= 0.3 is 0 Å². The molecule has 1 N–H and O–H groups in total. The fourth-order valence-corrected chi connectivity index (χ4v) is 2.53. The van der Waals surface area contributed by atoms with Gasteiger partial charge in [0.05, 0.1) is 11.9 Å². The number of aromatic amines is 1. The Kier molecular flexibility index (Phi) is 5.31. The lowest BCUT2D eigenvalue weighted by Gasteiger charge is -2.18. The van der Waals surface area contributed by atoms with Crippen molar-refractivity contribution >= 4 is 5.91 Å². The summed E-state index contributed by atoms with van der Waals surface area (Å²) in [4.78, 5) is 14.3. The Bertz CT molecular complexity index is 889. The van der Waals surface area contributed by atoms with Crippen LogP contribution in [0.5, 0.6) is 5.75 Å². The topological polar surface area (TPSA) is 76.0 Å². The summed E-state index contributed by atoms with van der Waals surface area (Å²) in [6, 6.07) is 7.53. The molecule has 3 aromatic rings. The molecule has 2 aromatic heterocycles. The van der Waals surface area contributed by atoms with Gasteiger partial charge < -0.3 is 9.64 Å². The third kappa shape index (κ3) is 4.27. The molecule has 0 aliphatic heterocycles. The van der Waals surface area contributed by atoms with E-state index in [2.05, 4.69) is 15.3 Å². The number of amides is 1. The van der Waals surface area contributed by atoms with Gasteiger partial charge in [0.25, 0.3) is 5.91 Å². The zero-order valence-corrected chi connectivity index (χ0v) is 14.6. The molecule has 1 aromatic carbocycles. The standard InChI is InChI=1S/C18H20FN5O2/c1-3-24(11-13-9-20-23(2)10-13)18(25)17-8-15(21-22-17)12-26-16-6-4-5-14(19)7-16/h4-10H,3,11-12H2,1-2H3,(H,21,22). The summed E-state index contributed by atoms with van der Waals surface area (Å²) in [5.41, 5.74) is 1.90. The van der Waals surface area contributed by atoms with Crippen molar-refractivity contribution in [3.63, 3.8) is 0 Å². The highest BCUT2D eigenvalue weighted by Crippen LogP contribution is 2.14. The van der Waals surface area contributed by atoms with E-state index in [1.54, 1.807) is 34.0 Å². The van der Waals surface area contributed by atoms with E-state index in [-0.39, 0.29) is 18.3 Å². The maximum absolute atomic E-state index is 13.2. The molecule has 0 unspecified atom stereocenters. The van der Waals surface area contributed by atoms with Gasteiger partial charge in [0.1, 0.15) is 18.2 Å². The Labute approximate surface area is 150 Å². The fraction of sp³-hybridized carbons (Fsp3) is 0.278. The Balaban J connectivity index is 1.62. The summed E-state index contributed by atoms with van der Waals surface area (Å²) in [7, 11) is 1.83. The summed E-state index contributed by atoms with van der Waals surface area (Å²) in [6.45, 7) is 3.09. The number of rotatable bonds is 7. The van der Waals surface area contributed by atoms with E-state index in [9.17, 15) is 9.18 Å². The molecule has 0 aliphatic rings. The molecule has 0 aliphatic carbocycles. The normalized spacial score (nSPS) is 10.7. The van der Waals surface area contributed by atoms with E-state index >= 15 is 0 Å². The van der Waals surface area contributed by atoms with Gasteiger partial charge in [0.15, 0.2) is 5.69 Å². The highest BCUT2D eigenvalue weighted by atomic mass is 19.1. The number of aromatic nitrogens is 4. The van der Waals surface area contributed by atoms with Crippen molar-refractivity contribution in [2.24, 2.45) is 7.05 Å². The average molecular weight is 357 g/mol. The highest BCUT2D eigenvalue weighted by molar-refractivity contribution is 5.92. The summed E-state index contributed by atoms with van der Waals surface area (Å²) in [5.74, 6) is -0.124. The van der Waals surface area contributed by atoms with Gasteiger partial charge in [-0.05, 0) is 25.1 Å². The van der Waals surface area contributed by atoms with Gasteiger partial charge in [-0.1, -0.05) is 6.07 Å². The number of carbonyl (C=O) groups excluding carboxylic acids is 1. The largest absolute Gasteiger partial charge is 0.487 e. The van der Waals surface area contributed by atoms with Crippen molar-refractivity contribution in [2.75, 3.05) is 6.54 Å². The van der Waals surface area contributed by atoms with Crippen LogP contribution in [0.25, 0.3) is 0 Å². The second-order valence-corrected chi connectivity index (χ2v) is 5.87. The van der Waals surface area contributed by atoms with Crippen LogP contribution < -0.4 is 4.74 Å². The van der Waals surface area contributed by atoms with Gasteiger partial charge in [-0.25, -0.2) is 4.39 Å². The Hall–Kier alpha value is -3.16. The molecule has 0 atom stereocenters. The number of nitrogens with one attached hydrogen (secondary N) is 1. The molecule has 0 saturated heterocycles. The summed E-state index contributed by atoms with van der Waals surface area (Å²) >= 11 is 0. The third-order valence-electron chi connectivity index (χ3n) is 3.84. The Morgan fingerprint density at radius 1 is 1.38 bits per heavy atom. The maximum atomic E-state index is 13.2. The van der Waals surface area contributed by atoms with Crippen LogP contribution in [0.1, 0.15) is 28.7 Å². The molecule has 8 heteroatoms. The minimum Gasteiger partial charge on any atom is -0.487 e. The molecule has 26 heavy (non-hydrogen) atoms. The number of H-pyrrole nitrogens is 1. The van der Waals surface area contributed by atoms with Gasteiger partial charge in [-0.3, -0.25) is 14.6 Å². The molecule has 0 spiro atoms. The summed E-state index contributed by atoms with van der Waals surface area (Å²) < 4.78 is 20.4.